The van der Waals surface area contributed by atoms with E-state index in [1.165, 1.54) is 0 Å². The summed E-state index contributed by atoms with van der Waals surface area (Å²) in [6.45, 7) is 1.23. The first-order chi connectivity index (χ1) is 7.88. The van der Waals surface area contributed by atoms with Crippen LogP contribution in [-0.2, 0) is 13.2 Å². The Balaban J connectivity index is 1.89. The molecule has 0 fully saturated rings. The predicted octanol–water partition coefficient (Wildman–Crippen LogP) is 1.84. The summed E-state index contributed by atoms with van der Waals surface area (Å²) >= 11 is 1.57. The van der Waals surface area contributed by atoms with Gasteiger partial charge in [-0.15, -0.1) is 10.2 Å². The molecule has 0 spiro atoms. The van der Waals surface area contributed by atoms with Crippen molar-refractivity contribution < 1.29 is 4.74 Å². The van der Waals surface area contributed by atoms with Crippen molar-refractivity contribution in [2.24, 2.45) is 0 Å². The highest BCUT2D eigenvalue weighted by Crippen LogP contribution is 2.14. The van der Waals surface area contributed by atoms with E-state index in [9.17, 15) is 0 Å². The van der Waals surface area contributed by atoms with Gasteiger partial charge in [-0.1, -0.05) is 29.5 Å². The molecule has 0 saturated heterocycles. The summed E-state index contributed by atoms with van der Waals surface area (Å²) < 4.78 is 5.57. The lowest BCUT2D eigenvalue weighted by Gasteiger charge is -2.01. The first-order valence-electron chi connectivity index (χ1n) is 5.02. The molecule has 2 rings (SSSR count). The molecule has 1 aromatic heterocycles. The Kier molecular flexibility index (Phi) is 3.85. The Morgan fingerprint density at radius 1 is 1.19 bits per heavy atom. The van der Waals surface area contributed by atoms with Crippen molar-refractivity contribution in [3.05, 3.63) is 40.3 Å². The highest BCUT2D eigenvalue weighted by Gasteiger charge is 2.03. The molecule has 16 heavy (non-hydrogen) atoms. The van der Waals surface area contributed by atoms with Gasteiger partial charge in [0, 0.05) is 6.54 Å². The molecule has 0 radical (unpaired) electrons. The van der Waals surface area contributed by atoms with Crippen LogP contribution in [0.15, 0.2) is 30.3 Å². The molecule has 5 heteroatoms. The Bertz CT molecular complexity index is 430. The average Bonchev–Trinajstić information content (AvgIpc) is 2.76. The van der Waals surface area contributed by atoms with Gasteiger partial charge in [0.15, 0.2) is 5.01 Å². The smallest absolute Gasteiger partial charge is 0.155 e. The molecule has 1 N–H and O–H groups in total. The Labute approximate surface area is 98.3 Å². The fraction of sp³-hybridized carbons (Fsp3) is 0.273. The zero-order valence-electron chi connectivity index (χ0n) is 9.01. The molecule has 0 amide bonds. The number of nitrogens with zero attached hydrogens (tertiary/aromatic N) is 2. The molecule has 1 heterocycles. The van der Waals surface area contributed by atoms with Crippen molar-refractivity contribution >= 4 is 11.3 Å². The van der Waals surface area contributed by atoms with Crippen LogP contribution in [-0.4, -0.2) is 17.2 Å². The van der Waals surface area contributed by atoms with Crippen LogP contribution in [0, 0.1) is 0 Å². The first kappa shape index (κ1) is 11.0. The minimum atomic E-state index is 0.478. The van der Waals surface area contributed by atoms with Gasteiger partial charge in [-0.3, -0.25) is 0 Å². The highest BCUT2D eigenvalue weighted by molar-refractivity contribution is 7.11. The van der Waals surface area contributed by atoms with Crippen molar-refractivity contribution in [1.82, 2.24) is 15.5 Å². The van der Waals surface area contributed by atoms with Crippen molar-refractivity contribution in [3.63, 3.8) is 0 Å². The zero-order valence-corrected chi connectivity index (χ0v) is 9.83. The van der Waals surface area contributed by atoms with Gasteiger partial charge in [-0.25, -0.2) is 0 Å². The van der Waals surface area contributed by atoms with Gasteiger partial charge in [-0.2, -0.15) is 0 Å². The van der Waals surface area contributed by atoms with Gasteiger partial charge in [-0.05, 0) is 19.2 Å². The number of aromatic nitrogens is 2. The average molecular weight is 235 g/mol. The molecule has 0 aliphatic carbocycles. The highest BCUT2D eigenvalue weighted by atomic mass is 32.1. The maximum Gasteiger partial charge on any atom is 0.155 e. The summed E-state index contributed by atoms with van der Waals surface area (Å²) in [6.07, 6.45) is 0. The van der Waals surface area contributed by atoms with Crippen LogP contribution in [0.5, 0.6) is 5.75 Å². The largest absolute Gasteiger partial charge is 0.486 e. The van der Waals surface area contributed by atoms with Crippen LogP contribution in [0.1, 0.15) is 10.0 Å². The van der Waals surface area contributed by atoms with Crippen LogP contribution < -0.4 is 10.1 Å². The number of benzene rings is 1. The third kappa shape index (κ3) is 3.01. The molecule has 84 valence electrons. The number of para-hydroxylation sites is 1. The molecular weight excluding hydrogens is 222 g/mol. The molecule has 1 aromatic carbocycles. The second-order valence-corrected chi connectivity index (χ2v) is 4.37. The number of rotatable bonds is 5. The van der Waals surface area contributed by atoms with Gasteiger partial charge >= 0.3 is 0 Å². The standard InChI is InChI=1S/C11H13N3OS/c1-12-7-10-13-14-11(16-10)8-15-9-5-3-2-4-6-9/h2-6,12H,7-8H2,1H3. The number of hydrogen-bond donors (Lipinski definition) is 1. The molecule has 0 saturated carbocycles. The summed E-state index contributed by atoms with van der Waals surface area (Å²) in [5, 5.41) is 13.0. The maximum atomic E-state index is 5.57. The molecular formula is C11H13N3OS. The molecule has 0 bridgehead atoms. The predicted molar refractivity (Wildman–Crippen MR) is 63.4 cm³/mol. The monoisotopic (exact) mass is 235 g/mol. The zero-order chi connectivity index (χ0) is 11.2. The fourth-order valence-electron chi connectivity index (χ4n) is 1.23. The summed E-state index contributed by atoms with van der Waals surface area (Å²) in [5.41, 5.74) is 0. The second kappa shape index (κ2) is 5.58. The quantitative estimate of drug-likeness (QED) is 0.859. The lowest BCUT2D eigenvalue weighted by atomic mass is 10.3. The van der Waals surface area contributed by atoms with E-state index in [0.29, 0.717) is 6.61 Å². The van der Waals surface area contributed by atoms with E-state index in [0.717, 1.165) is 22.3 Å². The number of ether oxygens (including phenoxy) is 1. The third-order valence-electron chi connectivity index (χ3n) is 1.94. The molecule has 0 aliphatic rings. The van der Waals surface area contributed by atoms with E-state index >= 15 is 0 Å². The van der Waals surface area contributed by atoms with Gasteiger partial charge in [0.1, 0.15) is 17.4 Å². The SMILES string of the molecule is CNCc1nnc(COc2ccccc2)s1. The normalized spacial score (nSPS) is 10.3. The van der Waals surface area contributed by atoms with Crippen LogP contribution >= 0.6 is 11.3 Å². The van der Waals surface area contributed by atoms with Crippen LogP contribution in [0.3, 0.4) is 0 Å². The second-order valence-electron chi connectivity index (χ2n) is 3.22. The summed E-state index contributed by atoms with van der Waals surface area (Å²) in [6, 6.07) is 9.71. The van der Waals surface area contributed by atoms with Crippen molar-refractivity contribution in [2.45, 2.75) is 13.2 Å². The lowest BCUT2D eigenvalue weighted by molar-refractivity contribution is 0.304. The van der Waals surface area contributed by atoms with Crippen LogP contribution in [0.4, 0.5) is 0 Å². The molecule has 0 atom stereocenters. The first-order valence-corrected chi connectivity index (χ1v) is 5.84. The van der Waals surface area contributed by atoms with Crippen LogP contribution in [0.25, 0.3) is 0 Å². The Morgan fingerprint density at radius 2 is 1.94 bits per heavy atom. The van der Waals surface area contributed by atoms with Crippen molar-refractivity contribution in [3.8, 4) is 5.75 Å². The molecule has 4 nitrogen and oxygen atoms in total. The van der Waals surface area contributed by atoms with E-state index < -0.39 is 0 Å². The fourth-order valence-corrected chi connectivity index (χ4v) is 2.00. The van der Waals surface area contributed by atoms with Crippen LogP contribution in [0.2, 0.25) is 0 Å². The van der Waals surface area contributed by atoms with E-state index in [-0.39, 0.29) is 0 Å². The number of hydrogen-bond acceptors (Lipinski definition) is 5. The van der Waals surface area contributed by atoms with Crippen molar-refractivity contribution in [1.29, 1.82) is 0 Å². The number of nitrogens with one attached hydrogen (secondary N) is 1. The van der Waals surface area contributed by atoms with Gasteiger partial charge in [0.05, 0.1) is 0 Å². The summed E-state index contributed by atoms with van der Waals surface area (Å²) in [5.74, 6) is 0.855. The van der Waals surface area contributed by atoms with Crippen molar-refractivity contribution in [2.75, 3.05) is 7.05 Å². The summed E-state index contributed by atoms with van der Waals surface area (Å²) in [4.78, 5) is 0. The van der Waals surface area contributed by atoms with E-state index in [4.69, 9.17) is 4.74 Å². The summed E-state index contributed by atoms with van der Waals surface area (Å²) in [7, 11) is 1.89. The molecule has 0 unspecified atom stereocenters. The van der Waals surface area contributed by atoms with E-state index in [1.54, 1.807) is 11.3 Å². The maximum absolute atomic E-state index is 5.57. The van der Waals surface area contributed by atoms with Gasteiger partial charge in [0.2, 0.25) is 0 Å². The third-order valence-corrected chi connectivity index (χ3v) is 2.84. The Morgan fingerprint density at radius 3 is 2.69 bits per heavy atom. The lowest BCUT2D eigenvalue weighted by Crippen LogP contribution is -2.04. The minimum absolute atomic E-state index is 0.478. The Hall–Kier alpha value is -1.46. The molecule has 0 aliphatic heterocycles. The van der Waals surface area contributed by atoms with E-state index in [2.05, 4.69) is 15.5 Å². The van der Waals surface area contributed by atoms with Gasteiger partial charge in [0.25, 0.3) is 0 Å². The van der Waals surface area contributed by atoms with Gasteiger partial charge < -0.3 is 10.1 Å². The van der Waals surface area contributed by atoms with E-state index in [1.807, 2.05) is 37.4 Å². The molecule has 2 aromatic rings. The minimum Gasteiger partial charge on any atom is -0.486 e. The topological polar surface area (TPSA) is 47.0 Å².